The molecule has 1 N–H and O–H groups in total. The predicted molar refractivity (Wildman–Crippen MR) is 78.3 cm³/mol. The second kappa shape index (κ2) is 5.32. The number of nitrogens with one attached hydrogen (secondary N) is 1. The summed E-state index contributed by atoms with van der Waals surface area (Å²) in [6, 6.07) is 10.5. The maximum atomic E-state index is 9.60. The highest BCUT2D eigenvalue weighted by Crippen LogP contribution is 2.39. The number of halogens is 1. The van der Waals surface area contributed by atoms with E-state index >= 15 is 0 Å². The summed E-state index contributed by atoms with van der Waals surface area (Å²) >= 11 is 3.53. The first-order chi connectivity index (χ1) is 8.54. The van der Waals surface area contributed by atoms with Crippen LogP contribution in [0.2, 0.25) is 0 Å². The van der Waals surface area contributed by atoms with Crippen LogP contribution in [0.15, 0.2) is 28.7 Å². The first-order valence-corrected chi connectivity index (χ1v) is 7.28. The first-order valence-electron chi connectivity index (χ1n) is 6.48. The molecule has 0 bridgehead atoms. The number of hydrogen-bond acceptors (Lipinski definition) is 2. The standard InChI is InChI=1S/C15H19BrN2/c1-11-7-12(2)9-15(8-11,10-17)18-14-6-4-3-5-13(14)16/h3-6,11-12,18H,7-9H2,1-2H3. The third-order valence-electron chi connectivity index (χ3n) is 3.66. The molecule has 2 unspecified atom stereocenters. The molecule has 1 aromatic carbocycles. The van der Waals surface area contributed by atoms with Crippen LogP contribution in [0.5, 0.6) is 0 Å². The number of para-hydroxylation sites is 1. The second-order valence-corrected chi connectivity index (χ2v) is 6.51. The molecule has 96 valence electrons. The summed E-state index contributed by atoms with van der Waals surface area (Å²) in [6.07, 6.45) is 3.07. The number of anilines is 1. The van der Waals surface area contributed by atoms with Gasteiger partial charge in [0.25, 0.3) is 0 Å². The number of nitriles is 1. The maximum absolute atomic E-state index is 9.60. The molecule has 2 nitrogen and oxygen atoms in total. The van der Waals surface area contributed by atoms with Crippen molar-refractivity contribution in [2.75, 3.05) is 5.32 Å². The van der Waals surface area contributed by atoms with E-state index < -0.39 is 5.54 Å². The van der Waals surface area contributed by atoms with Crippen LogP contribution in [0, 0.1) is 23.2 Å². The lowest BCUT2D eigenvalue weighted by Gasteiger charge is -2.39. The molecule has 1 saturated carbocycles. The third-order valence-corrected chi connectivity index (χ3v) is 4.35. The molecular formula is C15H19BrN2. The summed E-state index contributed by atoms with van der Waals surface area (Å²) in [6.45, 7) is 4.48. The summed E-state index contributed by atoms with van der Waals surface area (Å²) in [5, 5.41) is 13.1. The predicted octanol–water partition coefficient (Wildman–Crippen LogP) is 4.58. The van der Waals surface area contributed by atoms with Gasteiger partial charge in [-0.1, -0.05) is 26.0 Å². The van der Waals surface area contributed by atoms with E-state index in [1.807, 2.05) is 24.3 Å². The molecule has 1 aliphatic carbocycles. The van der Waals surface area contributed by atoms with Gasteiger partial charge in [-0.25, -0.2) is 0 Å². The summed E-state index contributed by atoms with van der Waals surface area (Å²) in [5.41, 5.74) is 0.598. The molecule has 0 spiro atoms. The lowest BCUT2D eigenvalue weighted by molar-refractivity contribution is 0.240. The average molecular weight is 307 g/mol. The van der Waals surface area contributed by atoms with Crippen LogP contribution in [-0.4, -0.2) is 5.54 Å². The number of benzene rings is 1. The van der Waals surface area contributed by atoms with Gasteiger partial charge >= 0.3 is 0 Å². The third kappa shape index (κ3) is 2.87. The smallest absolute Gasteiger partial charge is 0.125 e. The highest BCUT2D eigenvalue weighted by molar-refractivity contribution is 9.10. The van der Waals surface area contributed by atoms with Gasteiger partial charge in [-0.05, 0) is 59.2 Å². The SMILES string of the molecule is CC1CC(C)CC(C#N)(Nc2ccccc2Br)C1. The van der Waals surface area contributed by atoms with Crippen molar-refractivity contribution in [1.82, 2.24) is 0 Å². The quantitative estimate of drug-likeness (QED) is 0.868. The molecule has 0 aliphatic heterocycles. The second-order valence-electron chi connectivity index (χ2n) is 5.65. The van der Waals surface area contributed by atoms with Gasteiger partial charge in [-0.15, -0.1) is 0 Å². The Morgan fingerprint density at radius 2 is 1.89 bits per heavy atom. The summed E-state index contributed by atoms with van der Waals surface area (Å²) in [4.78, 5) is 0. The highest BCUT2D eigenvalue weighted by Gasteiger charge is 2.38. The van der Waals surface area contributed by atoms with Crippen molar-refractivity contribution in [1.29, 1.82) is 5.26 Å². The van der Waals surface area contributed by atoms with Gasteiger partial charge in [0.2, 0.25) is 0 Å². The Balaban J connectivity index is 2.24. The van der Waals surface area contributed by atoms with Crippen molar-refractivity contribution in [2.45, 2.75) is 38.6 Å². The number of nitrogens with zero attached hydrogens (tertiary/aromatic N) is 1. The van der Waals surface area contributed by atoms with E-state index in [0.717, 1.165) is 23.0 Å². The van der Waals surface area contributed by atoms with Gasteiger partial charge in [-0.3, -0.25) is 0 Å². The van der Waals surface area contributed by atoms with Crippen molar-refractivity contribution in [2.24, 2.45) is 11.8 Å². The number of hydrogen-bond donors (Lipinski definition) is 1. The van der Waals surface area contributed by atoms with Gasteiger partial charge in [0.1, 0.15) is 5.54 Å². The van der Waals surface area contributed by atoms with Gasteiger partial charge in [0.15, 0.2) is 0 Å². The van der Waals surface area contributed by atoms with Crippen LogP contribution in [-0.2, 0) is 0 Å². The molecule has 0 aromatic heterocycles. The summed E-state index contributed by atoms with van der Waals surface area (Å²) in [7, 11) is 0. The topological polar surface area (TPSA) is 35.8 Å². The maximum Gasteiger partial charge on any atom is 0.125 e. The van der Waals surface area contributed by atoms with Crippen molar-refractivity contribution in [3.8, 4) is 6.07 Å². The molecule has 1 aliphatic rings. The van der Waals surface area contributed by atoms with Crippen LogP contribution >= 0.6 is 15.9 Å². The molecular weight excluding hydrogens is 288 g/mol. The zero-order valence-corrected chi connectivity index (χ0v) is 12.5. The molecule has 3 heteroatoms. The fraction of sp³-hybridized carbons (Fsp3) is 0.533. The van der Waals surface area contributed by atoms with Crippen molar-refractivity contribution in [3.63, 3.8) is 0 Å². The molecule has 2 rings (SSSR count). The van der Waals surface area contributed by atoms with Crippen molar-refractivity contribution in [3.05, 3.63) is 28.7 Å². The lowest BCUT2D eigenvalue weighted by Crippen LogP contribution is -2.43. The zero-order chi connectivity index (χ0) is 13.2. The fourth-order valence-corrected chi connectivity index (χ4v) is 3.55. The molecule has 0 heterocycles. The molecule has 0 amide bonds. The van der Waals surface area contributed by atoms with Crippen molar-refractivity contribution < 1.29 is 0 Å². The van der Waals surface area contributed by atoms with Gasteiger partial charge in [0, 0.05) is 10.2 Å². The minimum absolute atomic E-state index is 0.416. The molecule has 18 heavy (non-hydrogen) atoms. The van der Waals surface area contributed by atoms with E-state index in [2.05, 4.69) is 41.2 Å². The Bertz CT molecular complexity index is 454. The van der Waals surface area contributed by atoms with E-state index in [1.54, 1.807) is 0 Å². The van der Waals surface area contributed by atoms with Crippen LogP contribution in [0.25, 0.3) is 0 Å². The molecule has 0 saturated heterocycles. The Kier molecular flexibility index (Phi) is 3.97. The Morgan fingerprint density at radius 1 is 1.28 bits per heavy atom. The Hall–Kier alpha value is -1.01. The minimum Gasteiger partial charge on any atom is -0.366 e. The highest BCUT2D eigenvalue weighted by atomic mass is 79.9. The van der Waals surface area contributed by atoms with E-state index in [-0.39, 0.29) is 0 Å². The molecule has 1 fully saturated rings. The van der Waals surface area contributed by atoms with E-state index in [4.69, 9.17) is 0 Å². The van der Waals surface area contributed by atoms with Gasteiger partial charge < -0.3 is 5.32 Å². The lowest BCUT2D eigenvalue weighted by atomic mass is 9.72. The average Bonchev–Trinajstić information content (AvgIpc) is 2.31. The van der Waals surface area contributed by atoms with Crippen LogP contribution in [0.3, 0.4) is 0 Å². The van der Waals surface area contributed by atoms with Crippen LogP contribution in [0.4, 0.5) is 5.69 Å². The van der Waals surface area contributed by atoms with Crippen molar-refractivity contribution >= 4 is 21.6 Å². The van der Waals surface area contributed by atoms with Crippen LogP contribution in [0.1, 0.15) is 33.1 Å². The van der Waals surface area contributed by atoms with Crippen LogP contribution < -0.4 is 5.32 Å². The summed E-state index contributed by atoms with van der Waals surface area (Å²) in [5.74, 6) is 1.20. The normalized spacial score (nSPS) is 31.7. The largest absolute Gasteiger partial charge is 0.366 e. The Morgan fingerprint density at radius 3 is 2.44 bits per heavy atom. The molecule has 1 aromatic rings. The number of rotatable bonds is 2. The fourth-order valence-electron chi connectivity index (χ4n) is 3.17. The van der Waals surface area contributed by atoms with E-state index in [1.165, 1.54) is 6.42 Å². The summed E-state index contributed by atoms with van der Waals surface area (Å²) < 4.78 is 1.02. The van der Waals surface area contributed by atoms with E-state index in [0.29, 0.717) is 11.8 Å². The Labute approximate surface area is 118 Å². The first kappa shape index (κ1) is 13.4. The minimum atomic E-state index is -0.416. The van der Waals surface area contributed by atoms with E-state index in [9.17, 15) is 5.26 Å². The zero-order valence-electron chi connectivity index (χ0n) is 10.9. The van der Waals surface area contributed by atoms with Gasteiger partial charge in [-0.2, -0.15) is 5.26 Å². The van der Waals surface area contributed by atoms with Gasteiger partial charge in [0.05, 0.1) is 6.07 Å². The molecule has 0 radical (unpaired) electrons. The molecule has 2 atom stereocenters. The monoisotopic (exact) mass is 306 g/mol.